The Morgan fingerprint density at radius 3 is 2.45 bits per heavy atom. The van der Waals surface area contributed by atoms with Gasteiger partial charge in [-0.15, -0.1) is 0 Å². The molecule has 0 radical (unpaired) electrons. The van der Waals surface area contributed by atoms with Crippen LogP contribution < -0.4 is 30.1 Å². The maximum absolute atomic E-state index is 14.8. The number of carbonyl (C=O) groups is 4. The van der Waals surface area contributed by atoms with Crippen molar-refractivity contribution in [1.29, 1.82) is 0 Å². The Balaban J connectivity index is 1.35. The largest absolute Gasteiger partial charge is 0.491 e. The van der Waals surface area contributed by atoms with Crippen LogP contribution in [0.25, 0.3) is 10.8 Å². The minimum atomic E-state index is -4.80. The van der Waals surface area contributed by atoms with Crippen LogP contribution in [0.15, 0.2) is 42.6 Å². The van der Waals surface area contributed by atoms with Crippen LogP contribution in [0.5, 0.6) is 11.6 Å². The molecule has 18 heteroatoms. The molecular weight excluding hydrogens is 782 g/mol. The monoisotopic (exact) mass is 834 g/mol. The molecule has 2 aromatic rings. The third kappa shape index (κ3) is 9.31. The summed E-state index contributed by atoms with van der Waals surface area (Å²) in [6, 6.07) is 3.40. The molecule has 4 N–H and O–H groups in total. The van der Waals surface area contributed by atoms with E-state index in [2.05, 4.69) is 20.3 Å². The molecule has 5 amide bonds. The maximum Gasteiger partial charge on any atom is 0.411 e. The van der Waals surface area contributed by atoms with E-state index in [1.54, 1.807) is 25.1 Å². The lowest BCUT2D eigenvalue weighted by Crippen LogP contribution is -2.62. The zero-order valence-corrected chi connectivity index (χ0v) is 34.2. The number of hydrogen-bond acceptors (Lipinski definition) is 9. The van der Waals surface area contributed by atoms with Crippen LogP contribution in [0.2, 0.25) is 0 Å². The van der Waals surface area contributed by atoms with Gasteiger partial charge >= 0.3 is 12.2 Å². The molecule has 1 aromatic carbocycles. The smallest absolute Gasteiger partial charge is 0.411 e. The second-order valence-electron chi connectivity index (χ2n) is 16.8. The van der Waals surface area contributed by atoms with Gasteiger partial charge in [0.25, 0.3) is 5.91 Å². The van der Waals surface area contributed by atoms with Gasteiger partial charge in [0.2, 0.25) is 27.7 Å². The molecule has 2 aliphatic carbocycles. The fourth-order valence-electron chi connectivity index (χ4n) is 7.75. The number of aromatic nitrogens is 1. The predicted molar refractivity (Wildman–Crippen MR) is 208 cm³/mol. The van der Waals surface area contributed by atoms with E-state index in [1.165, 1.54) is 11.1 Å². The van der Waals surface area contributed by atoms with Gasteiger partial charge in [0, 0.05) is 23.1 Å². The van der Waals surface area contributed by atoms with Crippen molar-refractivity contribution in [1.82, 2.24) is 30.6 Å². The topological polar surface area (TPSA) is 185 Å². The molecule has 1 saturated heterocycles. The van der Waals surface area contributed by atoms with Crippen molar-refractivity contribution in [3.63, 3.8) is 0 Å². The lowest BCUT2D eigenvalue weighted by molar-refractivity contribution is -0.182. The normalized spacial score (nSPS) is 28.3. The second kappa shape index (κ2) is 16.6. The number of sulfonamides is 1. The Labute approximate surface area is 336 Å². The molecule has 318 valence electrons. The molecule has 14 nitrogen and oxygen atoms in total. The number of pyridine rings is 1. The second-order valence-corrected chi connectivity index (χ2v) is 18.7. The van der Waals surface area contributed by atoms with Crippen LogP contribution in [0.1, 0.15) is 86.0 Å². The average Bonchev–Trinajstić information content (AvgIpc) is 4.08. The zero-order chi connectivity index (χ0) is 42.2. The summed E-state index contributed by atoms with van der Waals surface area (Å²) in [5.74, 6) is -2.75. The minimum Gasteiger partial charge on any atom is -0.491 e. The number of carbonyl (C=O) groups excluding carboxylic acids is 4. The van der Waals surface area contributed by atoms with Crippen LogP contribution in [0.3, 0.4) is 0 Å². The first kappa shape index (κ1) is 43.0. The number of urea groups is 1. The first-order valence-corrected chi connectivity index (χ1v) is 21.5. The number of halogens is 3. The van der Waals surface area contributed by atoms with E-state index in [4.69, 9.17) is 9.47 Å². The van der Waals surface area contributed by atoms with Crippen molar-refractivity contribution >= 4 is 44.5 Å². The number of rotatable bonds is 10. The third-order valence-electron chi connectivity index (χ3n) is 11.5. The summed E-state index contributed by atoms with van der Waals surface area (Å²) in [6.07, 6.45) is 2.78. The van der Waals surface area contributed by atoms with E-state index >= 15 is 0 Å². The summed E-state index contributed by atoms with van der Waals surface area (Å²) >= 11 is 0. The van der Waals surface area contributed by atoms with E-state index in [9.17, 15) is 40.8 Å². The quantitative estimate of drug-likeness (QED) is 0.243. The molecule has 3 heterocycles. The van der Waals surface area contributed by atoms with Crippen molar-refractivity contribution in [3.05, 3.63) is 42.6 Å². The first-order valence-electron chi connectivity index (χ1n) is 19.9. The highest BCUT2D eigenvalue weighted by atomic mass is 32.2. The van der Waals surface area contributed by atoms with Gasteiger partial charge in [-0.1, -0.05) is 51.1 Å². The van der Waals surface area contributed by atoms with Crippen LogP contribution >= 0.6 is 0 Å². The number of alkyl halides is 3. The van der Waals surface area contributed by atoms with Gasteiger partial charge in [0.1, 0.15) is 35.0 Å². The fourth-order valence-corrected chi connectivity index (χ4v) is 9.11. The number of allylic oxidation sites excluding steroid dienone is 1. The van der Waals surface area contributed by atoms with Gasteiger partial charge in [-0.3, -0.25) is 19.1 Å². The molecule has 2 saturated carbocycles. The molecular formula is C40H53F3N6O8S. The van der Waals surface area contributed by atoms with Crippen LogP contribution in [-0.4, -0.2) is 95.9 Å². The van der Waals surface area contributed by atoms with Gasteiger partial charge in [-0.05, 0) is 76.7 Å². The summed E-state index contributed by atoms with van der Waals surface area (Å²) in [4.78, 5) is 62.0. The van der Waals surface area contributed by atoms with Crippen LogP contribution in [0.4, 0.5) is 18.0 Å². The Morgan fingerprint density at radius 1 is 1.07 bits per heavy atom. The zero-order valence-electron chi connectivity index (χ0n) is 33.4. The minimum absolute atomic E-state index is 0.0126. The Hall–Kier alpha value is -4.61. The standard InChI is InChI=1S/C40H53F3N6O8S/c1-6-17-56-31-21-44-34(29-14-10-9-13-28(29)31)57-26-19-30-33(50)46-39(36(52)48-58(54,55)27-15-16-27)20-25(39)12-8-7-11-23(2)18-24(3)32(35(51)49(30)22-26)45-37(53)47-38(4,5)40(41,42)43/h8-10,12-14,21,23-27,30,32H,6-7,11,15-20,22H2,1-5H3,(H,46,50)(H,48,52)(H2,45,47,53)/t23-,24-,25-,26-,30+,32+,39-/m1/s1. The molecule has 1 aromatic heterocycles. The maximum atomic E-state index is 14.8. The highest BCUT2D eigenvalue weighted by Gasteiger charge is 2.62. The Morgan fingerprint density at radius 2 is 1.78 bits per heavy atom. The van der Waals surface area contributed by atoms with Gasteiger partial charge < -0.3 is 30.3 Å². The third-order valence-corrected chi connectivity index (χ3v) is 13.3. The predicted octanol–water partition coefficient (Wildman–Crippen LogP) is 4.88. The summed E-state index contributed by atoms with van der Waals surface area (Å²) in [6.45, 7) is 7.54. The summed E-state index contributed by atoms with van der Waals surface area (Å²) in [5.41, 5.74) is -4.25. The summed E-state index contributed by atoms with van der Waals surface area (Å²) in [7, 11) is -3.97. The molecule has 4 aliphatic rings. The molecule has 2 aliphatic heterocycles. The van der Waals surface area contributed by atoms with Crippen molar-refractivity contribution in [2.45, 2.75) is 127 Å². The Kier molecular flexibility index (Phi) is 12.3. The van der Waals surface area contributed by atoms with Crippen molar-refractivity contribution in [2.75, 3.05) is 13.2 Å². The fraction of sp³-hybridized carbons (Fsp3) is 0.625. The average molecular weight is 835 g/mol. The van der Waals surface area contributed by atoms with Crippen molar-refractivity contribution < 1.29 is 50.2 Å². The van der Waals surface area contributed by atoms with Crippen molar-refractivity contribution in [3.8, 4) is 11.6 Å². The van der Waals surface area contributed by atoms with Crippen LogP contribution in [0, 0.1) is 17.8 Å². The number of amides is 5. The number of ether oxygens (including phenoxy) is 2. The summed E-state index contributed by atoms with van der Waals surface area (Å²) < 4.78 is 81.7. The molecule has 58 heavy (non-hydrogen) atoms. The van der Waals surface area contributed by atoms with Gasteiger partial charge in [-0.25, -0.2) is 18.2 Å². The molecule has 7 atom stereocenters. The van der Waals surface area contributed by atoms with E-state index < -0.39 is 86.3 Å². The first-order chi connectivity index (χ1) is 27.3. The number of benzene rings is 1. The van der Waals surface area contributed by atoms with Crippen LogP contribution in [-0.2, 0) is 24.4 Å². The lowest BCUT2D eigenvalue weighted by Gasteiger charge is -2.34. The lowest BCUT2D eigenvalue weighted by atomic mass is 9.88. The van der Waals surface area contributed by atoms with E-state index in [0.29, 0.717) is 49.8 Å². The molecule has 6 rings (SSSR count). The summed E-state index contributed by atoms with van der Waals surface area (Å²) in [5, 5.41) is 7.89. The number of nitrogens with zero attached hydrogens (tertiary/aromatic N) is 2. The van der Waals surface area contributed by atoms with Gasteiger partial charge in [0.05, 0.1) is 24.6 Å². The highest BCUT2D eigenvalue weighted by molar-refractivity contribution is 7.91. The molecule has 0 spiro atoms. The molecule has 0 unspecified atom stereocenters. The van der Waals surface area contributed by atoms with Crippen molar-refractivity contribution in [2.24, 2.45) is 17.8 Å². The number of nitrogens with one attached hydrogen (secondary N) is 4. The van der Waals surface area contributed by atoms with E-state index in [1.807, 2.05) is 37.4 Å². The van der Waals surface area contributed by atoms with E-state index in [-0.39, 0.29) is 31.2 Å². The van der Waals surface area contributed by atoms with E-state index in [0.717, 1.165) is 25.7 Å². The number of fused-ring (bicyclic) bond motifs is 3. The van der Waals surface area contributed by atoms with Gasteiger partial charge in [0.15, 0.2) is 0 Å². The highest BCUT2D eigenvalue weighted by Crippen LogP contribution is 2.46. The number of hydrogen-bond donors (Lipinski definition) is 4. The SMILES string of the molecule is CCCOc1cnc(O[C@@H]2C[C@H]3C(=O)N[C@]4(C(=O)NS(=O)(=O)C5CC5)C[C@H]4C=CCC[C@@H](C)C[C@@H](C)[C@H](NC(=O)NC(C)(C)C(F)(F)F)C(=O)N3C2)c2ccccc12. The van der Waals surface area contributed by atoms with Gasteiger partial charge in [-0.2, -0.15) is 13.2 Å². The molecule has 0 bridgehead atoms. The Bertz CT molecular complexity index is 2040. The molecule has 3 fully saturated rings.